The van der Waals surface area contributed by atoms with Gasteiger partial charge in [-0.15, -0.1) is 0 Å². The fraction of sp³-hybridized carbons (Fsp3) is 1.00. The van der Waals surface area contributed by atoms with Crippen LogP contribution < -0.4 is 5.73 Å². The molecule has 2 aliphatic rings. The molecule has 0 spiro atoms. The van der Waals surface area contributed by atoms with E-state index in [1.165, 1.54) is 6.42 Å². The summed E-state index contributed by atoms with van der Waals surface area (Å²) in [6.07, 6.45) is 4.63. The average Bonchev–Trinajstić information content (AvgIpc) is 2.14. The van der Waals surface area contributed by atoms with Gasteiger partial charge in [-0.05, 0) is 43.4 Å². The first-order valence-corrected chi connectivity index (χ1v) is 6.85. The van der Waals surface area contributed by atoms with E-state index < -0.39 is 11.1 Å². The minimum atomic E-state index is -0.755. The lowest BCUT2D eigenvalue weighted by molar-refractivity contribution is -0.145. The van der Waals surface area contributed by atoms with Crippen LogP contribution in [0.3, 0.4) is 0 Å². The van der Waals surface area contributed by atoms with Crippen LogP contribution in [-0.4, -0.2) is 29.5 Å². The molecule has 0 radical (unpaired) electrons. The number of hydrogen-bond donors (Lipinski definition) is 2. The van der Waals surface area contributed by atoms with Crippen LogP contribution in [0.2, 0.25) is 0 Å². The molecule has 3 atom stereocenters. The maximum atomic E-state index is 11.1. The summed E-state index contributed by atoms with van der Waals surface area (Å²) in [4.78, 5) is 0. The highest BCUT2D eigenvalue weighted by Crippen LogP contribution is 2.49. The lowest BCUT2D eigenvalue weighted by Gasteiger charge is -2.54. The van der Waals surface area contributed by atoms with E-state index in [4.69, 9.17) is 10.5 Å². The van der Waals surface area contributed by atoms with Crippen LogP contribution in [0.4, 0.5) is 0 Å². The average molecular weight is 241 g/mol. The van der Waals surface area contributed by atoms with Crippen molar-refractivity contribution in [2.45, 2.75) is 64.0 Å². The molecule has 1 saturated heterocycles. The van der Waals surface area contributed by atoms with Gasteiger partial charge in [0, 0.05) is 6.61 Å². The second-order valence-electron chi connectivity index (χ2n) is 7.20. The molecule has 100 valence electrons. The molecule has 0 amide bonds. The molecule has 2 fully saturated rings. The first-order valence-electron chi connectivity index (χ1n) is 6.85. The van der Waals surface area contributed by atoms with Crippen molar-refractivity contribution in [1.82, 2.24) is 0 Å². The molecule has 0 aromatic rings. The highest BCUT2D eigenvalue weighted by Gasteiger charge is 2.53. The van der Waals surface area contributed by atoms with E-state index in [0.717, 1.165) is 32.3 Å². The molecule has 2 rings (SSSR count). The van der Waals surface area contributed by atoms with Crippen LogP contribution in [-0.2, 0) is 4.74 Å². The van der Waals surface area contributed by atoms with Gasteiger partial charge in [0.2, 0.25) is 0 Å². The summed E-state index contributed by atoms with van der Waals surface area (Å²) in [5.74, 6) is 0.533. The Bertz CT molecular complexity index is 284. The number of ether oxygens (including phenoxy) is 1. The molecular formula is C14H27NO2. The number of hydrogen-bond acceptors (Lipinski definition) is 3. The Hall–Kier alpha value is -0.120. The molecule has 17 heavy (non-hydrogen) atoms. The summed E-state index contributed by atoms with van der Waals surface area (Å²) in [5, 5.41) is 11.1. The third-order valence-corrected chi connectivity index (χ3v) is 4.56. The standard InChI is InChI=1S/C14H27NO2/c1-11-7-12(2,3)9-14(16,8-11)13(15)5-4-6-17-10-13/h11,16H,4-10,15H2,1-3H3. The van der Waals surface area contributed by atoms with Crippen molar-refractivity contribution >= 4 is 0 Å². The van der Waals surface area contributed by atoms with Crippen LogP contribution in [0, 0.1) is 11.3 Å². The Kier molecular flexibility index (Phi) is 3.30. The van der Waals surface area contributed by atoms with Gasteiger partial charge in [-0.3, -0.25) is 0 Å². The van der Waals surface area contributed by atoms with Crippen molar-refractivity contribution in [2.24, 2.45) is 17.1 Å². The Labute approximate surface area is 105 Å². The molecule has 1 aliphatic carbocycles. The molecule has 3 heteroatoms. The monoisotopic (exact) mass is 241 g/mol. The van der Waals surface area contributed by atoms with Crippen molar-refractivity contribution in [2.75, 3.05) is 13.2 Å². The van der Waals surface area contributed by atoms with Crippen molar-refractivity contribution in [3.05, 3.63) is 0 Å². The SMILES string of the molecule is CC1CC(C)(C)CC(O)(C2(N)CCCOC2)C1. The smallest absolute Gasteiger partial charge is 0.0856 e. The second-order valence-corrected chi connectivity index (χ2v) is 7.20. The van der Waals surface area contributed by atoms with E-state index in [0.29, 0.717) is 12.5 Å². The van der Waals surface area contributed by atoms with E-state index in [2.05, 4.69) is 20.8 Å². The quantitative estimate of drug-likeness (QED) is 0.739. The molecule has 1 aliphatic heterocycles. The molecule has 3 nitrogen and oxygen atoms in total. The third kappa shape index (κ3) is 2.51. The number of aliphatic hydroxyl groups is 1. The first kappa shape index (κ1) is 13.3. The summed E-state index contributed by atoms with van der Waals surface area (Å²) < 4.78 is 5.52. The maximum absolute atomic E-state index is 11.1. The van der Waals surface area contributed by atoms with Gasteiger partial charge in [0.05, 0.1) is 17.7 Å². The largest absolute Gasteiger partial charge is 0.388 e. The van der Waals surface area contributed by atoms with Gasteiger partial charge in [-0.2, -0.15) is 0 Å². The van der Waals surface area contributed by atoms with Gasteiger partial charge < -0.3 is 15.6 Å². The molecule has 0 aromatic heterocycles. The second kappa shape index (κ2) is 4.22. The summed E-state index contributed by atoms with van der Waals surface area (Å²) in [6, 6.07) is 0. The van der Waals surface area contributed by atoms with Gasteiger partial charge >= 0.3 is 0 Å². The molecule has 1 saturated carbocycles. The summed E-state index contributed by atoms with van der Waals surface area (Å²) in [5.41, 5.74) is 5.35. The van der Waals surface area contributed by atoms with Crippen molar-refractivity contribution in [3.8, 4) is 0 Å². The predicted molar refractivity (Wildman–Crippen MR) is 68.7 cm³/mol. The van der Waals surface area contributed by atoms with Gasteiger partial charge in [0.15, 0.2) is 0 Å². The van der Waals surface area contributed by atoms with Crippen molar-refractivity contribution < 1.29 is 9.84 Å². The Morgan fingerprint density at radius 2 is 2.00 bits per heavy atom. The molecule has 0 bridgehead atoms. The number of nitrogens with two attached hydrogens (primary N) is 1. The molecule has 3 unspecified atom stereocenters. The fourth-order valence-corrected chi connectivity index (χ4v) is 4.09. The highest BCUT2D eigenvalue weighted by molar-refractivity contribution is 5.09. The molecule has 3 N–H and O–H groups in total. The zero-order valence-electron chi connectivity index (χ0n) is 11.5. The summed E-state index contributed by atoms with van der Waals surface area (Å²) >= 11 is 0. The zero-order chi connectivity index (χ0) is 12.7. The van der Waals surface area contributed by atoms with Crippen molar-refractivity contribution in [3.63, 3.8) is 0 Å². The molecule has 1 heterocycles. The Morgan fingerprint density at radius 1 is 1.29 bits per heavy atom. The Balaban J connectivity index is 2.21. The number of rotatable bonds is 1. The first-order chi connectivity index (χ1) is 7.77. The van der Waals surface area contributed by atoms with Crippen LogP contribution in [0.25, 0.3) is 0 Å². The molecular weight excluding hydrogens is 214 g/mol. The van der Waals surface area contributed by atoms with Gasteiger partial charge in [0.25, 0.3) is 0 Å². The van der Waals surface area contributed by atoms with Gasteiger partial charge in [-0.25, -0.2) is 0 Å². The topological polar surface area (TPSA) is 55.5 Å². The summed E-state index contributed by atoms with van der Waals surface area (Å²) in [6.45, 7) is 7.99. The van der Waals surface area contributed by atoms with E-state index >= 15 is 0 Å². The normalized spacial score (nSPS) is 46.8. The van der Waals surface area contributed by atoms with Crippen LogP contribution in [0.5, 0.6) is 0 Å². The van der Waals surface area contributed by atoms with E-state index in [1.54, 1.807) is 0 Å². The predicted octanol–water partition coefficient (Wildman–Crippen LogP) is 2.07. The fourth-order valence-electron chi connectivity index (χ4n) is 4.09. The van der Waals surface area contributed by atoms with E-state index in [1.807, 2.05) is 0 Å². The molecule has 0 aromatic carbocycles. The lowest BCUT2D eigenvalue weighted by Crippen LogP contribution is -2.67. The van der Waals surface area contributed by atoms with Crippen LogP contribution in [0.15, 0.2) is 0 Å². The third-order valence-electron chi connectivity index (χ3n) is 4.56. The lowest BCUT2D eigenvalue weighted by atomic mass is 9.59. The summed E-state index contributed by atoms with van der Waals surface area (Å²) in [7, 11) is 0. The maximum Gasteiger partial charge on any atom is 0.0856 e. The Morgan fingerprint density at radius 3 is 2.53 bits per heavy atom. The van der Waals surface area contributed by atoms with Crippen LogP contribution in [0.1, 0.15) is 52.9 Å². The van der Waals surface area contributed by atoms with E-state index in [9.17, 15) is 5.11 Å². The minimum Gasteiger partial charge on any atom is -0.388 e. The van der Waals surface area contributed by atoms with E-state index in [-0.39, 0.29) is 5.41 Å². The minimum absolute atomic E-state index is 0.177. The van der Waals surface area contributed by atoms with Gasteiger partial charge in [-0.1, -0.05) is 20.8 Å². The van der Waals surface area contributed by atoms with Crippen LogP contribution >= 0.6 is 0 Å². The zero-order valence-corrected chi connectivity index (χ0v) is 11.5. The highest BCUT2D eigenvalue weighted by atomic mass is 16.5. The van der Waals surface area contributed by atoms with Crippen molar-refractivity contribution in [1.29, 1.82) is 0 Å². The van der Waals surface area contributed by atoms with Gasteiger partial charge in [0.1, 0.15) is 0 Å².